The third kappa shape index (κ3) is 4.54. The van der Waals surface area contributed by atoms with Crippen LogP contribution in [0, 0.1) is 6.92 Å². The first-order valence-electron chi connectivity index (χ1n) is 10.9. The van der Waals surface area contributed by atoms with Crippen LogP contribution in [0.2, 0.25) is 0 Å². The Morgan fingerprint density at radius 3 is 2.87 bits per heavy atom. The maximum atomic E-state index is 12.9. The second-order valence-electron chi connectivity index (χ2n) is 8.01. The molecular weight excluding hydrogens is 376 g/mol. The molecule has 0 saturated heterocycles. The number of carbonyl (C=O) groups is 1. The number of imidazole rings is 1. The molecule has 6 nitrogen and oxygen atoms in total. The van der Waals surface area contributed by atoms with Crippen molar-refractivity contribution in [2.75, 3.05) is 13.2 Å². The molecule has 0 bridgehead atoms. The molecule has 1 unspecified atom stereocenters. The number of aryl methyl sites for hydroxylation is 3. The van der Waals surface area contributed by atoms with Gasteiger partial charge in [0.1, 0.15) is 11.3 Å². The lowest BCUT2D eigenvalue weighted by Gasteiger charge is -2.13. The lowest BCUT2D eigenvalue weighted by Crippen LogP contribution is -2.26. The van der Waals surface area contributed by atoms with Gasteiger partial charge in [-0.05, 0) is 44.7 Å². The zero-order valence-corrected chi connectivity index (χ0v) is 17.9. The number of hydrogen-bond acceptors (Lipinski definition) is 4. The lowest BCUT2D eigenvalue weighted by atomic mass is 10.1. The van der Waals surface area contributed by atoms with Crippen LogP contribution in [0.25, 0.3) is 11.2 Å². The van der Waals surface area contributed by atoms with Gasteiger partial charge in [-0.15, -0.1) is 0 Å². The van der Waals surface area contributed by atoms with Crippen molar-refractivity contribution in [3.63, 3.8) is 0 Å². The summed E-state index contributed by atoms with van der Waals surface area (Å²) in [5, 5.41) is 3.03. The average Bonchev–Trinajstić information content (AvgIpc) is 2.94. The summed E-state index contributed by atoms with van der Waals surface area (Å²) in [6, 6.07) is 12.0. The maximum Gasteiger partial charge on any atom is 0.253 e. The van der Waals surface area contributed by atoms with Crippen molar-refractivity contribution < 1.29 is 9.53 Å². The number of amides is 1. The van der Waals surface area contributed by atoms with Crippen molar-refractivity contribution >= 4 is 17.1 Å². The second kappa shape index (κ2) is 9.39. The molecule has 3 heterocycles. The van der Waals surface area contributed by atoms with Crippen LogP contribution in [0.3, 0.4) is 0 Å². The molecule has 0 saturated carbocycles. The second-order valence-corrected chi connectivity index (χ2v) is 8.01. The summed E-state index contributed by atoms with van der Waals surface area (Å²) in [4.78, 5) is 22.4. The third-order valence-electron chi connectivity index (χ3n) is 5.68. The normalized spacial score (nSPS) is 14.9. The summed E-state index contributed by atoms with van der Waals surface area (Å²) in [6.07, 6.45) is 5.26. The Hall–Kier alpha value is -2.73. The number of aromatic nitrogens is 3. The van der Waals surface area contributed by atoms with E-state index in [4.69, 9.17) is 14.7 Å². The highest BCUT2D eigenvalue weighted by molar-refractivity contribution is 6.04. The van der Waals surface area contributed by atoms with Gasteiger partial charge in [0, 0.05) is 31.8 Å². The summed E-state index contributed by atoms with van der Waals surface area (Å²) in [7, 11) is 0. The summed E-state index contributed by atoms with van der Waals surface area (Å²) in [5.74, 6) is 0.966. The molecule has 1 aromatic carbocycles. The molecule has 1 N–H and O–H groups in total. The number of pyridine rings is 1. The van der Waals surface area contributed by atoms with Crippen molar-refractivity contribution in [2.24, 2.45) is 0 Å². The molecular formula is C24H30N4O2. The summed E-state index contributed by atoms with van der Waals surface area (Å²) in [5.41, 5.74) is 4.20. The number of hydrogen-bond donors (Lipinski definition) is 1. The van der Waals surface area contributed by atoms with E-state index in [9.17, 15) is 4.79 Å². The molecule has 0 spiro atoms. The Balaban J connectivity index is 1.36. The minimum atomic E-state index is -0.0881. The van der Waals surface area contributed by atoms with Crippen LogP contribution in [-0.4, -0.2) is 33.6 Å². The van der Waals surface area contributed by atoms with Crippen LogP contribution in [0.15, 0.2) is 36.4 Å². The van der Waals surface area contributed by atoms with E-state index in [-0.39, 0.29) is 12.0 Å². The van der Waals surface area contributed by atoms with E-state index < -0.39 is 0 Å². The van der Waals surface area contributed by atoms with Crippen LogP contribution >= 0.6 is 0 Å². The van der Waals surface area contributed by atoms with Gasteiger partial charge in [-0.25, -0.2) is 9.97 Å². The summed E-state index contributed by atoms with van der Waals surface area (Å²) in [6.45, 7) is 6.08. The fraction of sp³-hybridized carbons (Fsp3) is 0.458. The molecule has 30 heavy (non-hydrogen) atoms. The van der Waals surface area contributed by atoms with Crippen molar-refractivity contribution in [3.05, 3.63) is 59.0 Å². The van der Waals surface area contributed by atoms with Gasteiger partial charge in [-0.3, -0.25) is 4.79 Å². The number of carbonyl (C=O) groups excluding carboxylic acids is 1. The largest absolute Gasteiger partial charge is 0.374 e. The summed E-state index contributed by atoms with van der Waals surface area (Å²) < 4.78 is 8.09. The van der Waals surface area contributed by atoms with Gasteiger partial charge < -0.3 is 14.6 Å². The van der Waals surface area contributed by atoms with Gasteiger partial charge in [0.15, 0.2) is 5.65 Å². The highest BCUT2D eigenvalue weighted by Crippen LogP contribution is 2.24. The van der Waals surface area contributed by atoms with E-state index in [1.54, 1.807) is 0 Å². The van der Waals surface area contributed by atoms with Crippen LogP contribution < -0.4 is 5.32 Å². The van der Waals surface area contributed by atoms with E-state index in [2.05, 4.69) is 22.0 Å². The van der Waals surface area contributed by atoms with E-state index in [1.165, 1.54) is 6.42 Å². The Kier molecular flexibility index (Phi) is 6.43. The van der Waals surface area contributed by atoms with Crippen molar-refractivity contribution in [1.82, 2.24) is 19.9 Å². The van der Waals surface area contributed by atoms with Gasteiger partial charge in [-0.2, -0.15) is 0 Å². The number of nitrogens with zero attached hydrogens (tertiary/aromatic N) is 3. The number of nitrogens with one attached hydrogen (secondary N) is 1. The highest BCUT2D eigenvalue weighted by atomic mass is 16.5. The number of ether oxygens (including phenoxy) is 1. The monoisotopic (exact) mass is 406 g/mol. The standard InChI is InChI=1S/C24H30N4O2/c1-17-16-20(22-23(26-17)28-14-8-4-7-12-21(28)27-22)24(29)25-13-9-15-30-18(2)19-10-5-3-6-11-19/h3,5-6,10-11,16,18H,4,7-9,12-15H2,1-2H3,(H,25,29). The van der Waals surface area contributed by atoms with E-state index in [0.29, 0.717) is 18.7 Å². The maximum absolute atomic E-state index is 12.9. The van der Waals surface area contributed by atoms with Gasteiger partial charge in [0.05, 0.1) is 11.7 Å². The van der Waals surface area contributed by atoms with Crippen LogP contribution in [0.4, 0.5) is 0 Å². The first kappa shape index (κ1) is 20.5. The fourth-order valence-corrected chi connectivity index (χ4v) is 4.04. The van der Waals surface area contributed by atoms with Gasteiger partial charge in [-0.1, -0.05) is 36.8 Å². The fourth-order valence-electron chi connectivity index (χ4n) is 4.04. The quantitative estimate of drug-likeness (QED) is 0.592. The van der Waals surface area contributed by atoms with Crippen molar-refractivity contribution in [2.45, 2.75) is 58.6 Å². The minimum Gasteiger partial charge on any atom is -0.374 e. The Bertz CT molecular complexity index is 1010. The van der Waals surface area contributed by atoms with Crippen LogP contribution in [0.5, 0.6) is 0 Å². The van der Waals surface area contributed by atoms with Gasteiger partial charge >= 0.3 is 0 Å². The smallest absolute Gasteiger partial charge is 0.253 e. The number of benzene rings is 1. The molecule has 3 aromatic rings. The topological polar surface area (TPSA) is 69.0 Å². The van der Waals surface area contributed by atoms with Crippen molar-refractivity contribution in [1.29, 1.82) is 0 Å². The van der Waals surface area contributed by atoms with E-state index in [0.717, 1.165) is 60.5 Å². The third-order valence-corrected chi connectivity index (χ3v) is 5.68. The SMILES string of the molecule is Cc1cc(C(=O)NCCCOC(C)c2ccccc2)c2nc3n(c2n1)CCCCC3. The lowest BCUT2D eigenvalue weighted by molar-refractivity contribution is 0.0635. The summed E-state index contributed by atoms with van der Waals surface area (Å²) >= 11 is 0. The molecule has 1 aliphatic heterocycles. The number of rotatable bonds is 7. The van der Waals surface area contributed by atoms with Crippen LogP contribution in [0.1, 0.15) is 66.2 Å². The number of fused-ring (bicyclic) bond motifs is 3. The zero-order valence-electron chi connectivity index (χ0n) is 17.9. The molecule has 4 rings (SSSR count). The Morgan fingerprint density at radius 2 is 2.03 bits per heavy atom. The van der Waals surface area contributed by atoms with Crippen LogP contribution in [-0.2, 0) is 17.7 Å². The van der Waals surface area contributed by atoms with Gasteiger partial charge in [0.25, 0.3) is 5.91 Å². The molecule has 0 fully saturated rings. The minimum absolute atomic E-state index is 0.0466. The first-order chi connectivity index (χ1) is 14.6. The molecule has 0 radical (unpaired) electrons. The highest BCUT2D eigenvalue weighted by Gasteiger charge is 2.20. The molecule has 0 aliphatic carbocycles. The van der Waals surface area contributed by atoms with E-state index in [1.807, 2.05) is 38.1 Å². The molecule has 1 aliphatic rings. The molecule has 1 atom stereocenters. The molecule has 2 aromatic heterocycles. The predicted octanol–water partition coefficient (Wildman–Crippen LogP) is 4.36. The molecule has 6 heteroatoms. The van der Waals surface area contributed by atoms with Crippen molar-refractivity contribution in [3.8, 4) is 0 Å². The average molecular weight is 407 g/mol. The molecule has 158 valence electrons. The van der Waals surface area contributed by atoms with Gasteiger partial charge in [0.2, 0.25) is 0 Å². The zero-order chi connectivity index (χ0) is 20.9. The molecule has 1 amide bonds. The first-order valence-corrected chi connectivity index (χ1v) is 10.9. The Morgan fingerprint density at radius 1 is 1.20 bits per heavy atom. The Labute approximate surface area is 177 Å². The van der Waals surface area contributed by atoms with E-state index >= 15 is 0 Å². The predicted molar refractivity (Wildman–Crippen MR) is 118 cm³/mol.